The fourth-order valence-electron chi connectivity index (χ4n) is 1.13. The summed E-state index contributed by atoms with van der Waals surface area (Å²) < 4.78 is 4.85. The number of H-pyrrole nitrogens is 3. The molecule has 0 unspecified atom stereocenters. The Balaban J connectivity index is 1.85. The zero-order chi connectivity index (χ0) is 12.3. The number of hydrogen-bond donors (Lipinski definition) is 4. The lowest BCUT2D eigenvalue weighted by Gasteiger charge is -1.97. The Bertz CT molecular complexity index is 621. The van der Waals surface area contributed by atoms with Crippen LogP contribution in [0.2, 0.25) is 0 Å². The smallest absolute Gasteiger partial charge is 0.340 e. The molecule has 0 amide bonds. The Kier molecular flexibility index (Phi) is 3.28. The fraction of sp³-hybridized carbons (Fsp3) is 0.250. The predicted octanol–water partition coefficient (Wildman–Crippen LogP) is -0.319. The number of aromatic amines is 3. The van der Waals surface area contributed by atoms with Crippen LogP contribution in [0.3, 0.4) is 0 Å². The molecule has 9 heteroatoms. The Morgan fingerprint density at radius 2 is 2.35 bits per heavy atom. The van der Waals surface area contributed by atoms with Crippen LogP contribution in [0.4, 0.5) is 0 Å². The van der Waals surface area contributed by atoms with Gasteiger partial charge in [-0.15, -0.1) is 11.8 Å². The molecule has 0 saturated carbocycles. The van der Waals surface area contributed by atoms with E-state index in [9.17, 15) is 9.59 Å². The van der Waals surface area contributed by atoms with Crippen molar-refractivity contribution in [3.63, 3.8) is 0 Å². The second-order valence-electron chi connectivity index (χ2n) is 3.18. The van der Waals surface area contributed by atoms with E-state index in [0.717, 1.165) is 0 Å². The fourth-order valence-corrected chi connectivity index (χ4v) is 1.91. The van der Waals surface area contributed by atoms with Gasteiger partial charge < -0.3 is 9.93 Å². The van der Waals surface area contributed by atoms with E-state index in [2.05, 4.69) is 20.3 Å². The molecule has 0 radical (unpaired) electrons. The van der Waals surface area contributed by atoms with Gasteiger partial charge in [-0.25, -0.2) is 9.89 Å². The lowest BCUT2D eigenvalue weighted by atomic mass is 10.4. The molecule has 0 aliphatic rings. The molecule has 0 aliphatic heterocycles. The summed E-state index contributed by atoms with van der Waals surface area (Å²) in [5, 5.41) is 15.6. The topological polar surface area (TPSA) is 131 Å². The molecular weight excluding hydrogens is 246 g/mol. The molecular formula is C8H9N5O3S. The number of aromatic nitrogens is 4. The molecule has 0 atom stereocenters. The van der Waals surface area contributed by atoms with Gasteiger partial charge in [0, 0.05) is 11.8 Å². The van der Waals surface area contributed by atoms with E-state index in [1.165, 1.54) is 17.8 Å². The van der Waals surface area contributed by atoms with Crippen LogP contribution in [-0.2, 0) is 5.75 Å². The van der Waals surface area contributed by atoms with Crippen molar-refractivity contribution >= 4 is 17.5 Å². The second-order valence-corrected chi connectivity index (χ2v) is 4.16. The van der Waals surface area contributed by atoms with Gasteiger partial charge in [-0.05, 0) is 0 Å². The highest BCUT2D eigenvalue weighted by Crippen LogP contribution is 2.10. The molecule has 17 heavy (non-hydrogen) atoms. The molecule has 0 fully saturated rings. The molecule has 90 valence electrons. The Morgan fingerprint density at radius 3 is 2.94 bits per heavy atom. The number of nitrogens with zero attached hydrogens (tertiary/aromatic N) is 1. The highest BCUT2D eigenvalue weighted by Gasteiger charge is 2.07. The first-order valence-electron chi connectivity index (χ1n) is 4.63. The van der Waals surface area contributed by atoms with Crippen LogP contribution in [0.5, 0.6) is 0 Å². The summed E-state index contributed by atoms with van der Waals surface area (Å²) in [6.07, 6.45) is 0. The number of nitrogens with one attached hydrogen (secondary N) is 4. The molecule has 0 spiro atoms. The molecule has 4 N–H and O–H groups in total. The van der Waals surface area contributed by atoms with Gasteiger partial charge in [0.05, 0.1) is 11.5 Å². The highest BCUT2D eigenvalue weighted by atomic mass is 32.2. The minimum absolute atomic E-state index is 0.200. The van der Waals surface area contributed by atoms with Crippen molar-refractivity contribution in [2.75, 3.05) is 5.75 Å². The van der Waals surface area contributed by atoms with E-state index < -0.39 is 5.69 Å². The van der Waals surface area contributed by atoms with Crippen molar-refractivity contribution in [2.24, 2.45) is 0 Å². The summed E-state index contributed by atoms with van der Waals surface area (Å²) in [4.78, 5) is 23.9. The van der Waals surface area contributed by atoms with E-state index in [-0.39, 0.29) is 17.1 Å². The Labute approximate surface area is 98.3 Å². The predicted molar refractivity (Wildman–Crippen MR) is 61.5 cm³/mol. The molecule has 2 rings (SSSR count). The molecule has 2 aromatic heterocycles. The molecule has 0 aromatic carbocycles. The van der Waals surface area contributed by atoms with E-state index >= 15 is 0 Å². The Morgan fingerprint density at radius 1 is 1.53 bits per heavy atom. The third-order valence-corrected chi connectivity index (χ3v) is 2.83. The average Bonchev–Trinajstić information content (AvgIpc) is 2.88. The summed E-state index contributed by atoms with van der Waals surface area (Å²) in [7, 11) is 0. The largest absolute Gasteiger partial charge is 0.383 e. The zero-order valence-electron chi connectivity index (χ0n) is 8.57. The van der Waals surface area contributed by atoms with Crippen LogP contribution >= 0.6 is 11.8 Å². The van der Waals surface area contributed by atoms with Gasteiger partial charge in [0.25, 0.3) is 5.56 Å². The van der Waals surface area contributed by atoms with Crippen molar-refractivity contribution in [1.82, 2.24) is 20.3 Å². The summed E-state index contributed by atoms with van der Waals surface area (Å²) in [6.45, 7) is 0. The van der Waals surface area contributed by atoms with Gasteiger partial charge in [-0.3, -0.25) is 9.78 Å². The normalized spacial score (nSPS) is 10.6. The maximum absolute atomic E-state index is 10.8. The van der Waals surface area contributed by atoms with Gasteiger partial charge in [-0.1, -0.05) is 0 Å². The summed E-state index contributed by atoms with van der Waals surface area (Å²) in [6, 6.07) is 1.35. The first-order chi connectivity index (χ1) is 8.15. The van der Waals surface area contributed by atoms with Crippen molar-refractivity contribution < 1.29 is 4.52 Å². The SMILES string of the molecule is N=C(CSCc1cc(=O)[nH]o1)c1n[nH]c(=O)[nH]1. The van der Waals surface area contributed by atoms with E-state index in [4.69, 9.17) is 9.93 Å². The van der Waals surface area contributed by atoms with Gasteiger partial charge in [0.2, 0.25) is 0 Å². The lowest BCUT2D eigenvalue weighted by Crippen LogP contribution is -2.07. The van der Waals surface area contributed by atoms with Crippen molar-refractivity contribution in [2.45, 2.75) is 5.75 Å². The van der Waals surface area contributed by atoms with Gasteiger partial charge in [0.1, 0.15) is 5.76 Å². The molecule has 0 aliphatic carbocycles. The molecule has 0 saturated heterocycles. The number of thioether (sulfide) groups is 1. The molecule has 8 nitrogen and oxygen atoms in total. The zero-order valence-corrected chi connectivity index (χ0v) is 9.39. The van der Waals surface area contributed by atoms with Crippen LogP contribution in [0.25, 0.3) is 0 Å². The average molecular weight is 255 g/mol. The van der Waals surface area contributed by atoms with Crippen LogP contribution in [-0.4, -0.2) is 31.8 Å². The van der Waals surface area contributed by atoms with Gasteiger partial charge in [0.15, 0.2) is 5.82 Å². The van der Waals surface area contributed by atoms with Gasteiger partial charge >= 0.3 is 5.69 Å². The number of rotatable bonds is 5. The van der Waals surface area contributed by atoms with E-state index in [1.807, 2.05) is 0 Å². The maximum atomic E-state index is 10.8. The summed E-state index contributed by atoms with van der Waals surface area (Å²) in [5.74, 6) is 1.56. The molecule has 0 bridgehead atoms. The third kappa shape index (κ3) is 2.97. The Hall–Kier alpha value is -2.03. The quantitative estimate of drug-likeness (QED) is 0.544. The van der Waals surface area contributed by atoms with Crippen molar-refractivity contribution in [1.29, 1.82) is 5.41 Å². The minimum Gasteiger partial charge on any atom is -0.383 e. The van der Waals surface area contributed by atoms with Gasteiger partial charge in [-0.2, -0.15) is 10.3 Å². The standard InChI is InChI=1S/C8H9N5O3S/c9-5(7-10-8(15)12-11-7)3-17-2-4-1-6(14)13-16-4/h1,9H,2-3H2,(H,13,14)(H2,10,11,12,15). The second kappa shape index (κ2) is 4.87. The summed E-state index contributed by atoms with van der Waals surface area (Å²) >= 11 is 1.38. The maximum Gasteiger partial charge on any atom is 0.340 e. The monoisotopic (exact) mass is 255 g/mol. The third-order valence-electron chi connectivity index (χ3n) is 1.85. The molecule has 2 aromatic rings. The first kappa shape index (κ1) is 11.5. The highest BCUT2D eigenvalue weighted by molar-refractivity contribution is 7.99. The molecule has 2 heterocycles. The van der Waals surface area contributed by atoms with Crippen LogP contribution < -0.4 is 11.2 Å². The van der Waals surface area contributed by atoms with Crippen LogP contribution in [0.15, 0.2) is 20.2 Å². The minimum atomic E-state index is -0.439. The number of hydrogen-bond acceptors (Lipinski definition) is 6. The lowest BCUT2D eigenvalue weighted by molar-refractivity contribution is 0.390. The van der Waals surface area contributed by atoms with E-state index in [0.29, 0.717) is 17.3 Å². The van der Waals surface area contributed by atoms with Crippen LogP contribution in [0.1, 0.15) is 11.6 Å². The van der Waals surface area contributed by atoms with Crippen molar-refractivity contribution in [3.05, 3.63) is 38.5 Å². The first-order valence-corrected chi connectivity index (χ1v) is 5.78. The van der Waals surface area contributed by atoms with Crippen molar-refractivity contribution in [3.8, 4) is 0 Å². The van der Waals surface area contributed by atoms with Crippen LogP contribution in [0, 0.1) is 5.41 Å². The van der Waals surface area contributed by atoms with E-state index in [1.54, 1.807) is 0 Å². The summed E-state index contributed by atoms with van der Waals surface area (Å²) in [5.41, 5.74) is -0.523.